The van der Waals surface area contributed by atoms with E-state index in [1.807, 2.05) is 0 Å². The fourth-order valence-corrected chi connectivity index (χ4v) is 47.0. The Labute approximate surface area is 304 Å². The molecule has 0 aliphatic carbocycles. The minimum Gasteiger partial charge on any atom is -0.437 e. The highest BCUT2D eigenvalue weighted by Gasteiger charge is 2.41. The van der Waals surface area contributed by atoms with Crippen molar-refractivity contribution < 1.29 is 29.2 Å². The van der Waals surface area contributed by atoms with Crippen molar-refractivity contribution in [3.05, 3.63) is 0 Å². The van der Waals surface area contributed by atoms with Crippen molar-refractivity contribution in [1.82, 2.24) is 0 Å². The van der Waals surface area contributed by atoms with Crippen molar-refractivity contribution in [3.63, 3.8) is 0 Å². The Bertz CT molecular complexity index is 826. The lowest BCUT2D eigenvalue weighted by atomic mass is 10.2. The summed E-state index contributed by atoms with van der Waals surface area (Å²) in [5, 5.41) is 0. The monoisotopic (exact) mass is 818 g/mol. The number of hydrogen-bond donors (Lipinski definition) is 0. The Balaban J connectivity index is 5.63. The van der Waals surface area contributed by atoms with Gasteiger partial charge in [0.05, 0.1) is 26.7 Å². The van der Waals surface area contributed by atoms with Crippen molar-refractivity contribution in [3.8, 4) is 0 Å². The van der Waals surface area contributed by atoms with Crippen LogP contribution in [0, 0.1) is 0 Å². The predicted molar refractivity (Wildman–Crippen MR) is 230 cm³/mol. The first-order chi connectivity index (χ1) is 20.4. The molecule has 0 saturated carbocycles. The fraction of sp³-hybridized carbons (Fsp3) is 1.00. The minimum atomic E-state index is -2.13. The first kappa shape index (κ1) is 48.7. The first-order valence-electron chi connectivity index (χ1n) is 18.4. The Morgan fingerprint density at radius 1 is 0.319 bits per heavy atom. The topological polar surface area (TPSA) is 55.4 Å². The molecular formula is C31H84NO6Si9+. The first-order valence-corrected chi connectivity index (χ1v) is 46.4. The molecule has 0 bridgehead atoms. The Kier molecular flexibility index (Phi) is 18.3. The molecule has 284 valence electrons. The molecule has 0 heterocycles. The highest BCUT2D eigenvalue weighted by atomic mass is 28.5. The second kappa shape index (κ2) is 17.7. The summed E-state index contributed by atoms with van der Waals surface area (Å²) in [4.78, 5) is 0. The van der Waals surface area contributed by atoms with E-state index in [1.165, 1.54) is 57.0 Å². The predicted octanol–water partition coefficient (Wildman–Crippen LogP) is 10.9. The van der Waals surface area contributed by atoms with E-state index in [-0.39, 0.29) is 0 Å². The van der Waals surface area contributed by atoms with E-state index in [4.69, 9.17) is 24.7 Å². The third kappa shape index (κ3) is 26.1. The summed E-state index contributed by atoms with van der Waals surface area (Å²) in [5.74, 6) is 0. The number of hydrogen-bond acceptors (Lipinski definition) is 6. The molecule has 0 fully saturated rings. The van der Waals surface area contributed by atoms with Crippen LogP contribution in [0.1, 0.15) is 19.3 Å². The number of rotatable bonds is 24. The summed E-state index contributed by atoms with van der Waals surface area (Å²) < 4.78 is 41.4. The van der Waals surface area contributed by atoms with Gasteiger partial charge in [0.15, 0.2) is 49.9 Å². The van der Waals surface area contributed by atoms with Crippen LogP contribution in [-0.4, -0.2) is 107 Å². The van der Waals surface area contributed by atoms with Gasteiger partial charge in [0, 0.05) is 0 Å². The van der Waals surface area contributed by atoms with Crippen LogP contribution < -0.4 is 0 Å². The van der Waals surface area contributed by atoms with E-state index in [0.29, 0.717) is 0 Å². The summed E-state index contributed by atoms with van der Waals surface area (Å²) >= 11 is 0. The van der Waals surface area contributed by atoms with Gasteiger partial charge < -0.3 is 29.2 Å². The van der Waals surface area contributed by atoms with Gasteiger partial charge in [-0.05, 0) is 175 Å². The SMILES string of the molecule is C[N+](CCC[Si](C)(C)O[Si](C)(C)O[Si](C)(C)C)(CCC[Si](C)(C)O[Si](C)(C)O[Si](C)(C)C)CCC[Si](C)(C)O[Si](C)(C)O[Si](C)(C)C. The summed E-state index contributed by atoms with van der Waals surface area (Å²) in [7, 11) is -14.3. The molecule has 0 radical (unpaired) electrons. The molecule has 0 aliphatic heterocycles. The highest BCUT2D eigenvalue weighted by Crippen LogP contribution is 2.28. The maximum atomic E-state index is 6.88. The fourth-order valence-electron chi connectivity index (χ4n) is 7.42. The van der Waals surface area contributed by atoms with Gasteiger partial charge in [-0.1, -0.05) is 0 Å². The average Bonchev–Trinajstić information content (AvgIpc) is 2.64. The van der Waals surface area contributed by atoms with Crippen LogP contribution in [0.2, 0.25) is 156 Å². The zero-order chi connectivity index (χ0) is 37.6. The van der Waals surface area contributed by atoms with E-state index >= 15 is 0 Å². The minimum absolute atomic E-state index is 1.12. The van der Waals surface area contributed by atoms with E-state index < -0.39 is 75.6 Å². The lowest BCUT2D eigenvalue weighted by molar-refractivity contribution is -0.909. The quantitative estimate of drug-likeness (QED) is 0.0714. The maximum Gasteiger partial charge on any atom is 0.311 e. The molecule has 0 amide bonds. The van der Waals surface area contributed by atoms with Crippen molar-refractivity contribution in [2.75, 3.05) is 26.7 Å². The van der Waals surface area contributed by atoms with Gasteiger partial charge in [0.25, 0.3) is 0 Å². The summed E-state index contributed by atoms with van der Waals surface area (Å²) in [6, 6.07) is 3.54. The van der Waals surface area contributed by atoms with Gasteiger partial charge in [0.1, 0.15) is 0 Å². The van der Waals surface area contributed by atoms with Gasteiger partial charge in [-0.2, -0.15) is 0 Å². The van der Waals surface area contributed by atoms with Gasteiger partial charge in [-0.25, -0.2) is 0 Å². The summed E-state index contributed by atoms with van der Waals surface area (Å²) in [6.07, 6.45) is 3.61. The second-order valence-corrected chi connectivity index (χ2v) is 58.6. The van der Waals surface area contributed by atoms with Crippen molar-refractivity contribution in [1.29, 1.82) is 0 Å². The third-order valence-corrected chi connectivity index (χ3v) is 38.1. The third-order valence-electron chi connectivity index (χ3n) is 7.65. The number of nitrogens with zero attached hydrogens (tertiary/aromatic N) is 1. The van der Waals surface area contributed by atoms with Crippen LogP contribution >= 0.6 is 0 Å². The van der Waals surface area contributed by atoms with Crippen molar-refractivity contribution >= 4 is 75.6 Å². The van der Waals surface area contributed by atoms with Gasteiger partial charge >= 0.3 is 25.7 Å². The molecule has 0 aliphatic rings. The smallest absolute Gasteiger partial charge is 0.311 e. The van der Waals surface area contributed by atoms with Crippen LogP contribution in [-0.2, 0) is 24.7 Å². The Morgan fingerprint density at radius 2 is 0.511 bits per heavy atom. The maximum absolute atomic E-state index is 6.88. The van der Waals surface area contributed by atoms with Crippen molar-refractivity contribution in [2.45, 2.75) is 175 Å². The molecule has 0 aromatic carbocycles. The largest absolute Gasteiger partial charge is 0.437 e. The standard InChI is InChI=1S/C31H84NO6Si9/c1-32(26-23-29-42(11,12)36-45(17,18)33-39(2,3)4,27-24-30-43(13,14)37-46(19,20)34-40(5,6)7)28-25-31-44(15,16)38-47(21,22)35-41(8,9)10/h23-31H2,1-22H3/q+1. The molecule has 7 nitrogen and oxygen atoms in total. The normalized spacial score (nSPS) is 15.4. The van der Waals surface area contributed by atoms with Gasteiger partial charge in [-0.3, -0.25) is 0 Å². The molecule has 16 heteroatoms. The second-order valence-electron chi connectivity index (χ2n) is 20.5. The van der Waals surface area contributed by atoms with Crippen LogP contribution in [0.25, 0.3) is 0 Å². The Hall–Kier alpha value is 1.67. The van der Waals surface area contributed by atoms with Crippen molar-refractivity contribution in [2.24, 2.45) is 0 Å². The molecule has 0 unspecified atom stereocenters. The number of quaternary nitrogens is 1. The van der Waals surface area contributed by atoms with E-state index in [2.05, 4.69) is 145 Å². The van der Waals surface area contributed by atoms with Crippen LogP contribution in [0.4, 0.5) is 0 Å². The van der Waals surface area contributed by atoms with E-state index in [0.717, 1.165) is 4.48 Å². The zero-order valence-corrected chi connectivity index (χ0v) is 44.8. The van der Waals surface area contributed by atoms with E-state index in [1.54, 1.807) is 0 Å². The molecule has 0 atom stereocenters. The molecular weight excluding hydrogens is 735 g/mol. The highest BCUT2D eigenvalue weighted by molar-refractivity contribution is 6.89. The molecule has 0 N–H and O–H groups in total. The summed E-state index contributed by atoms with van der Waals surface area (Å²) in [6.45, 7) is 52.0. The van der Waals surface area contributed by atoms with Crippen LogP contribution in [0.5, 0.6) is 0 Å². The summed E-state index contributed by atoms with van der Waals surface area (Å²) in [5.41, 5.74) is 0. The van der Waals surface area contributed by atoms with Gasteiger partial charge in [0.2, 0.25) is 0 Å². The molecule has 0 rings (SSSR count). The molecule has 0 spiro atoms. The molecule has 0 aromatic heterocycles. The molecule has 0 saturated heterocycles. The van der Waals surface area contributed by atoms with Crippen LogP contribution in [0.3, 0.4) is 0 Å². The Morgan fingerprint density at radius 3 is 0.681 bits per heavy atom. The van der Waals surface area contributed by atoms with E-state index in [9.17, 15) is 0 Å². The molecule has 47 heavy (non-hydrogen) atoms. The lowest BCUT2D eigenvalue weighted by Gasteiger charge is -2.40. The molecule has 0 aromatic rings. The lowest BCUT2D eigenvalue weighted by Crippen LogP contribution is -2.53. The van der Waals surface area contributed by atoms with Crippen LogP contribution in [0.15, 0.2) is 0 Å². The van der Waals surface area contributed by atoms with Gasteiger partial charge in [-0.15, -0.1) is 0 Å². The average molecular weight is 820 g/mol. The zero-order valence-electron chi connectivity index (χ0n) is 35.8.